The molecule has 0 radical (unpaired) electrons. The number of pyridine rings is 1. The summed E-state index contributed by atoms with van der Waals surface area (Å²) in [5, 5.41) is 5.95. The van der Waals surface area contributed by atoms with E-state index in [2.05, 4.69) is 20.6 Å². The molecule has 0 bridgehead atoms. The van der Waals surface area contributed by atoms with Crippen molar-refractivity contribution in [2.24, 2.45) is 5.84 Å². The van der Waals surface area contributed by atoms with Crippen molar-refractivity contribution in [3.05, 3.63) is 81.7 Å². The normalized spacial score (nSPS) is 10.5. The number of nitrogens with zero attached hydrogens (tertiary/aromatic N) is 4. The molecule has 0 spiro atoms. The molecule has 11 heteroatoms. The first-order valence-corrected chi connectivity index (χ1v) is 10.2. The molecule has 3 amide bonds. The van der Waals surface area contributed by atoms with Crippen LogP contribution in [-0.4, -0.2) is 26.5 Å². The first-order valence-electron chi connectivity index (χ1n) is 10.2. The molecule has 0 unspecified atom stereocenters. The zero-order valence-corrected chi connectivity index (χ0v) is 18.4. The number of aryl methyl sites for hydroxylation is 2. The Kier molecular flexibility index (Phi) is 7.36. The minimum atomic E-state index is -0.704. The quantitative estimate of drug-likeness (QED) is 0.234. The van der Waals surface area contributed by atoms with Crippen molar-refractivity contribution in [2.75, 3.05) is 10.7 Å². The summed E-state index contributed by atoms with van der Waals surface area (Å²) in [7, 11) is 0. The molecular formula is C22H26N8O3. The number of nitrogen functional groups attached to an aromatic ring is 1. The Morgan fingerprint density at radius 3 is 2.52 bits per heavy atom. The maximum Gasteiger partial charge on any atom is 0.338 e. The van der Waals surface area contributed by atoms with Crippen molar-refractivity contribution in [3.8, 4) is 0 Å². The standard InChI is InChI=1S/C22H26N8O3/c1-14-8-9-17(23)18(28-14)12-25-19(31)13-29-15(2)10-26-20(21(29)32)30(24)22(33)27-11-16-6-4-3-5-7-16/h3-10H,11-13,23-24H2,1-2H3,(H,25,31)(H,27,33). The molecule has 0 atom stereocenters. The molecule has 0 aliphatic rings. The van der Waals surface area contributed by atoms with Crippen LogP contribution < -0.4 is 32.8 Å². The third-order valence-corrected chi connectivity index (χ3v) is 4.87. The van der Waals surface area contributed by atoms with Gasteiger partial charge in [0.05, 0.1) is 17.9 Å². The SMILES string of the molecule is Cc1ccc(N)c(CNC(=O)Cn2c(C)cnc(N(N)C(=O)NCc3ccccc3)c2=O)n1. The van der Waals surface area contributed by atoms with Crippen LogP contribution in [0.3, 0.4) is 0 Å². The molecular weight excluding hydrogens is 424 g/mol. The van der Waals surface area contributed by atoms with E-state index in [-0.39, 0.29) is 25.5 Å². The van der Waals surface area contributed by atoms with E-state index in [0.29, 0.717) is 22.1 Å². The zero-order valence-electron chi connectivity index (χ0n) is 18.4. The average Bonchev–Trinajstić information content (AvgIpc) is 2.81. The van der Waals surface area contributed by atoms with Gasteiger partial charge in [-0.3, -0.25) is 19.1 Å². The number of amides is 3. The average molecular weight is 451 g/mol. The van der Waals surface area contributed by atoms with Crippen LogP contribution in [-0.2, 0) is 24.4 Å². The molecule has 0 aliphatic carbocycles. The molecule has 2 aromatic heterocycles. The number of hydrogen-bond acceptors (Lipinski definition) is 7. The van der Waals surface area contributed by atoms with Gasteiger partial charge in [-0.2, -0.15) is 0 Å². The molecule has 2 heterocycles. The molecule has 3 aromatic rings. The molecule has 3 rings (SSSR count). The Hall–Kier alpha value is -4.25. The number of rotatable bonds is 7. The second-order valence-corrected chi connectivity index (χ2v) is 7.39. The molecule has 0 aliphatic heterocycles. The predicted octanol–water partition coefficient (Wildman–Crippen LogP) is 0.744. The summed E-state index contributed by atoms with van der Waals surface area (Å²) >= 11 is 0. The first-order chi connectivity index (χ1) is 15.8. The first kappa shape index (κ1) is 23.4. The summed E-state index contributed by atoms with van der Waals surface area (Å²) in [6.45, 7) is 3.50. The van der Waals surface area contributed by atoms with Gasteiger partial charge in [-0.15, -0.1) is 0 Å². The molecule has 0 fully saturated rings. The number of hydrogen-bond donors (Lipinski definition) is 4. The maximum atomic E-state index is 12.9. The number of hydrazine groups is 1. The highest BCUT2D eigenvalue weighted by atomic mass is 16.2. The van der Waals surface area contributed by atoms with Crippen LogP contribution >= 0.6 is 0 Å². The van der Waals surface area contributed by atoms with Gasteiger partial charge in [-0.25, -0.2) is 20.6 Å². The summed E-state index contributed by atoms with van der Waals surface area (Å²) in [5.41, 5.74) is 8.28. The second-order valence-electron chi connectivity index (χ2n) is 7.39. The highest BCUT2D eigenvalue weighted by Gasteiger charge is 2.20. The van der Waals surface area contributed by atoms with Gasteiger partial charge >= 0.3 is 6.03 Å². The zero-order chi connectivity index (χ0) is 24.0. The third kappa shape index (κ3) is 5.92. The van der Waals surface area contributed by atoms with E-state index in [1.807, 2.05) is 37.3 Å². The summed E-state index contributed by atoms with van der Waals surface area (Å²) in [4.78, 5) is 46.1. The summed E-state index contributed by atoms with van der Waals surface area (Å²) in [5.74, 6) is 5.11. The van der Waals surface area contributed by atoms with Crippen molar-refractivity contribution >= 4 is 23.4 Å². The lowest BCUT2D eigenvalue weighted by molar-refractivity contribution is -0.121. The van der Waals surface area contributed by atoms with Gasteiger partial charge in [0.2, 0.25) is 11.7 Å². The van der Waals surface area contributed by atoms with Crippen LogP contribution in [0.2, 0.25) is 0 Å². The van der Waals surface area contributed by atoms with Gasteiger partial charge in [0.15, 0.2) is 0 Å². The van der Waals surface area contributed by atoms with E-state index >= 15 is 0 Å². The molecule has 1 aromatic carbocycles. The van der Waals surface area contributed by atoms with Crippen LogP contribution in [0.25, 0.3) is 0 Å². The van der Waals surface area contributed by atoms with E-state index in [0.717, 1.165) is 11.3 Å². The van der Waals surface area contributed by atoms with Crippen LogP contribution in [0.1, 0.15) is 22.6 Å². The molecule has 0 saturated carbocycles. The third-order valence-electron chi connectivity index (χ3n) is 4.87. The largest absolute Gasteiger partial charge is 0.397 e. The maximum absolute atomic E-state index is 12.9. The van der Waals surface area contributed by atoms with E-state index < -0.39 is 17.5 Å². The minimum Gasteiger partial charge on any atom is -0.397 e. The van der Waals surface area contributed by atoms with Crippen LogP contribution in [0, 0.1) is 13.8 Å². The number of nitrogens with two attached hydrogens (primary N) is 2. The fraction of sp³-hybridized carbons (Fsp3) is 0.227. The Morgan fingerprint density at radius 2 is 1.79 bits per heavy atom. The number of aromatic nitrogens is 3. The van der Waals surface area contributed by atoms with Gasteiger partial charge in [-0.05, 0) is 31.5 Å². The number of anilines is 2. The fourth-order valence-electron chi connectivity index (χ4n) is 3.02. The van der Waals surface area contributed by atoms with E-state index in [1.54, 1.807) is 19.1 Å². The lowest BCUT2D eigenvalue weighted by atomic mass is 10.2. The number of carbonyl (C=O) groups excluding carboxylic acids is 2. The van der Waals surface area contributed by atoms with Crippen LogP contribution in [0.4, 0.5) is 16.3 Å². The van der Waals surface area contributed by atoms with Crippen molar-refractivity contribution in [1.82, 2.24) is 25.2 Å². The van der Waals surface area contributed by atoms with Crippen molar-refractivity contribution in [2.45, 2.75) is 33.5 Å². The van der Waals surface area contributed by atoms with Gasteiger partial charge in [0.1, 0.15) is 6.54 Å². The van der Waals surface area contributed by atoms with Crippen LogP contribution in [0.5, 0.6) is 0 Å². The predicted molar refractivity (Wildman–Crippen MR) is 124 cm³/mol. The van der Waals surface area contributed by atoms with E-state index in [1.165, 1.54) is 10.8 Å². The molecule has 172 valence electrons. The van der Waals surface area contributed by atoms with Gasteiger partial charge in [0, 0.05) is 24.1 Å². The Morgan fingerprint density at radius 1 is 1.06 bits per heavy atom. The highest BCUT2D eigenvalue weighted by molar-refractivity contribution is 5.89. The fourth-order valence-corrected chi connectivity index (χ4v) is 3.02. The Balaban J connectivity index is 1.68. The minimum absolute atomic E-state index is 0.114. The number of benzene rings is 1. The molecule has 33 heavy (non-hydrogen) atoms. The van der Waals surface area contributed by atoms with Crippen molar-refractivity contribution in [1.29, 1.82) is 0 Å². The summed E-state index contributed by atoms with van der Waals surface area (Å²) < 4.78 is 1.19. The van der Waals surface area contributed by atoms with Gasteiger partial charge < -0.3 is 16.4 Å². The van der Waals surface area contributed by atoms with E-state index in [9.17, 15) is 14.4 Å². The summed E-state index contributed by atoms with van der Waals surface area (Å²) in [6.07, 6.45) is 1.37. The number of carbonyl (C=O) groups is 2. The lowest BCUT2D eigenvalue weighted by Crippen LogP contribution is -2.48. The molecule has 11 nitrogen and oxygen atoms in total. The monoisotopic (exact) mass is 450 g/mol. The van der Waals surface area contributed by atoms with Crippen LogP contribution in [0.15, 0.2) is 53.5 Å². The van der Waals surface area contributed by atoms with Gasteiger partial charge in [-0.1, -0.05) is 30.3 Å². The topological polar surface area (TPSA) is 161 Å². The summed E-state index contributed by atoms with van der Waals surface area (Å²) in [6, 6.07) is 12.0. The van der Waals surface area contributed by atoms with E-state index in [4.69, 9.17) is 11.6 Å². The Labute approximate surface area is 190 Å². The number of nitrogens with one attached hydrogen (secondary N) is 2. The highest BCUT2D eigenvalue weighted by Crippen LogP contribution is 2.09. The second kappa shape index (κ2) is 10.4. The lowest BCUT2D eigenvalue weighted by Gasteiger charge is -2.18. The Bertz CT molecular complexity index is 1210. The van der Waals surface area contributed by atoms with Crippen molar-refractivity contribution < 1.29 is 9.59 Å². The molecule has 0 saturated heterocycles. The smallest absolute Gasteiger partial charge is 0.338 e. The number of urea groups is 1. The molecule has 6 N–H and O–H groups in total. The van der Waals surface area contributed by atoms with Gasteiger partial charge in [0.25, 0.3) is 5.56 Å². The van der Waals surface area contributed by atoms with Crippen molar-refractivity contribution in [3.63, 3.8) is 0 Å².